The number of nitrogens with one attached hydrogen (secondary N) is 3. The van der Waals surface area contributed by atoms with Crippen molar-refractivity contribution in [3.05, 3.63) is 72.4 Å². The summed E-state index contributed by atoms with van der Waals surface area (Å²) >= 11 is 0. The Morgan fingerprint density at radius 2 is 1.69 bits per heavy atom. The van der Waals surface area contributed by atoms with Gasteiger partial charge in [0.05, 0.1) is 31.0 Å². The van der Waals surface area contributed by atoms with Crippen molar-refractivity contribution < 1.29 is 14.3 Å². The molecule has 3 heterocycles. The van der Waals surface area contributed by atoms with Crippen LogP contribution < -0.4 is 20.9 Å². The molecular formula is C26H30N6O3. The summed E-state index contributed by atoms with van der Waals surface area (Å²) in [6.07, 6.45) is 1.33. The smallest absolute Gasteiger partial charge is 0.315 e. The van der Waals surface area contributed by atoms with E-state index in [4.69, 9.17) is 9.47 Å². The van der Waals surface area contributed by atoms with Crippen molar-refractivity contribution in [2.45, 2.75) is 30.8 Å². The summed E-state index contributed by atoms with van der Waals surface area (Å²) in [6.45, 7) is 1.31. The van der Waals surface area contributed by atoms with Crippen LogP contribution in [-0.2, 0) is 16.0 Å². The zero-order valence-electron chi connectivity index (χ0n) is 19.8. The molecule has 9 heteroatoms. The summed E-state index contributed by atoms with van der Waals surface area (Å²) in [4.78, 5) is 23.5. The third-order valence-corrected chi connectivity index (χ3v) is 6.32. The Bertz CT molecular complexity index is 1140. The van der Waals surface area contributed by atoms with Gasteiger partial charge in [0, 0.05) is 38.1 Å². The molecule has 1 aromatic heterocycles. The van der Waals surface area contributed by atoms with Crippen LogP contribution in [0.2, 0.25) is 0 Å². The molecule has 0 radical (unpaired) electrons. The molecule has 3 N–H and O–H groups in total. The Kier molecular flexibility index (Phi) is 6.78. The molecule has 0 saturated carbocycles. The van der Waals surface area contributed by atoms with Gasteiger partial charge in [0.25, 0.3) is 0 Å². The Morgan fingerprint density at radius 1 is 0.971 bits per heavy atom. The fourth-order valence-corrected chi connectivity index (χ4v) is 4.43. The van der Waals surface area contributed by atoms with Gasteiger partial charge in [0.1, 0.15) is 12.2 Å². The number of rotatable bonds is 7. The molecule has 35 heavy (non-hydrogen) atoms. The van der Waals surface area contributed by atoms with Crippen LogP contribution in [0.4, 0.5) is 16.4 Å². The van der Waals surface area contributed by atoms with E-state index in [1.165, 1.54) is 0 Å². The fourth-order valence-electron chi connectivity index (χ4n) is 4.43. The largest absolute Gasteiger partial charge is 0.378 e. The average Bonchev–Trinajstić information content (AvgIpc) is 3.47. The van der Waals surface area contributed by atoms with E-state index >= 15 is 0 Å². The van der Waals surface area contributed by atoms with Crippen LogP contribution in [0.1, 0.15) is 5.56 Å². The number of ether oxygens (including phenoxy) is 2. The van der Waals surface area contributed by atoms with Gasteiger partial charge in [-0.25, -0.2) is 14.8 Å². The number of fused-ring (bicyclic) bond motifs is 1. The average molecular weight is 475 g/mol. The van der Waals surface area contributed by atoms with E-state index in [0.29, 0.717) is 25.7 Å². The molecule has 2 aliphatic heterocycles. The quantitative estimate of drug-likeness (QED) is 0.484. The first-order valence-corrected chi connectivity index (χ1v) is 11.8. The second-order valence-corrected chi connectivity index (χ2v) is 8.97. The van der Waals surface area contributed by atoms with Crippen molar-refractivity contribution in [3.63, 3.8) is 0 Å². The Morgan fingerprint density at radius 3 is 2.43 bits per heavy atom. The van der Waals surface area contributed by atoms with E-state index < -0.39 is 0 Å². The lowest BCUT2D eigenvalue weighted by molar-refractivity contribution is 0.0682. The highest BCUT2D eigenvalue weighted by Crippen LogP contribution is 2.29. The van der Waals surface area contributed by atoms with Crippen LogP contribution in [0.25, 0.3) is 11.3 Å². The van der Waals surface area contributed by atoms with Crippen molar-refractivity contribution in [1.29, 1.82) is 0 Å². The molecule has 5 rings (SSSR count). The van der Waals surface area contributed by atoms with Crippen molar-refractivity contribution in [1.82, 2.24) is 20.6 Å². The first kappa shape index (κ1) is 23.1. The number of benzene rings is 2. The Labute approximate surface area is 204 Å². The highest BCUT2D eigenvalue weighted by molar-refractivity contribution is 5.74. The number of hydrogen-bond donors (Lipinski definition) is 3. The number of nitrogens with zero attached hydrogens (tertiary/aromatic N) is 3. The summed E-state index contributed by atoms with van der Waals surface area (Å²) in [7, 11) is 4.03. The van der Waals surface area contributed by atoms with Crippen LogP contribution >= 0.6 is 0 Å². The van der Waals surface area contributed by atoms with Gasteiger partial charge in [-0.15, -0.1) is 0 Å². The van der Waals surface area contributed by atoms with Crippen LogP contribution in [0.3, 0.4) is 0 Å². The van der Waals surface area contributed by atoms with Gasteiger partial charge >= 0.3 is 6.03 Å². The summed E-state index contributed by atoms with van der Waals surface area (Å²) in [6, 6.07) is 19.4. The van der Waals surface area contributed by atoms with Crippen molar-refractivity contribution in [2.24, 2.45) is 0 Å². The zero-order valence-corrected chi connectivity index (χ0v) is 19.8. The number of amides is 2. The van der Waals surface area contributed by atoms with Gasteiger partial charge in [0.15, 0.2) is 0 Å². The normalized spacial score (nSPS) is 22.9. The predicted molar refractivity (Wildman–Crippen MR) is 134 cm³/mol. The fraction of sp³-hybridized carbons (Fsp3) is 0.346. The van der Waals surface area contributed by atoms with Crippen LogP contribution in [-0.4, -0.2) is 67.6 Å². The van der Waals surface area contributed by atoms with Gasteiger partial charge in [-0.3, -0.25) is 0 Å². The third kappa shape index (κ3) is 5.36. The highest BCUT2D eigenvalue weighted by Gasteiger charge is 2.48. The minimum Gasteiger partial charge on any atom is -0.378 e. The van der Waals surface area contributed by atoms with Gasteiger partial charge in [-0.05, 0) is 23.8 Å². The third-order valence-electron chi connectivity index (χ3n) is 6.32. The maximum atomic E-state index is 12.4. The Hall–Kier alpha value is -3.69. The standard InChI is InChI=1S/C26H30N6O3/c1-32(2)19-10-8-18(9-11-19)20-12-13-27-25(29-20)30-21-15-34-24-22(16-35-23(21)24)31-26(33)28-14-17-6-4-3-5-7-17/h3-13,21-24H,14-16H2,1-2H3,(H,27,29,30)(H2,28,31,33)/t21-,22+,23-,24+/m1/s1. The van der Waals surface area contributed by atoms with Gasteiger partial charge < -0.3 is 30.3 Å². The minimum atomic E-state index is -0.237. The molecule has 182 valence electrons. The number of anilines is 2. The van der Waals surface area contributed by atoms with E-state index in [1.807, 2.05) is 50.5 Å². The van der Waals surface area contributed by atoms with E-state index in [9.17, 15) is 4.79 Å². The highest BCUT2D eigenvalue weighted by atomic mass is 16.6. The number of hydrogen-bond acceptors (Lipinski definition) is 7. The maximum absolute atomic E-state index is 12.4. The molecule has 0 spiro atoms. The summed E-state index contributed by atoms with van der Waals surface area (Å²) in [5, 5.41) is 9.24. The van der Waals surface area contributed by atoms with Crippen molar-refractivity contribution in [2.75, 3.05) is 37.5 Å². The van der Waals surface area contributed by atoms with Gasteiger partial charge in [-0.2, -0.15) is 0 Å². The minimum absolute atomic E-state index is 0.106. The second-order valence-electron chi connectivity index (χ2n) is 8.97. The van der Waals surface area contributed by atoms with Gasteiger partial charge in [0.2, 0.25) is 5.95 Å². The SMILES string of the molecule is CN(C)c1ccc(-c2ccnc(N[C@@H]3CO[C@@H]4[C@@H]3OC[C@@H]4NC(=O)NCc3ccccc3)n2)cc1. The molecule has 3 aromatic rings. The molecule has 2 saturated heterocycles. The molecule has 2 aromatic carbocycles. The number of carbonyl (C=O) groups excluding carboxylic acids is 1. The molecule has 9 nitrogen and oxygen atoms in total. The predicted octanol–water partition coefficient (Wildman–Crippen LogP) is 2.66. The molecule has 0 bridgehead atoms. The van der Waals surface area contributed by atoms with E-state index in [-0.39, 0.29) is 30.3 Å². The molecule has 0 aliphatic carbocycles. The number of carbonyl (C=O) groups is 1. The zero-order chi connectivity index (χ0) is 24.2. The van der Waals surface area contributed by atoms with Crippen LogP contribution in [0, 0.1) is 0 Å². The molecule has 2 amide bonds. The van der Waals surface area contributed by atoms with Crippen LogP contribution in [0.5, 0.6) is 0 Å². The first-order valence-electron chi connectivity index (χ1n) is 11.8. The monoisotopic (exact) mass is 474 g/mol. The first-order chi connectivity index (χ1) is 17.1. The van der Waals surface area contributed by atoms with E-state index in [0.717, 1.165) is 22.5 Å². The lowest BCUT2D eigenvalue weighted by atomic mass is 10.1. The summed E-state index contributed by atoms with van der Waals surface area (Å²) in [5.41, 5.74) is 4.03. The molecule has 0 unspecified atom stereocenters. The van der Waals surface area contributed by atoms with Crippen molar-refractivity contribution >= 4 is 17.7 Å². The van der Waals surface area contributed by atoms with Gasteiger partial charge in [-0.1, -0.05) is 42.5 Å². The number of aromatic nitrogens is 2. The second kappa shape index (κ2) is 10.3. The number of urea groups is 1. The summed E-state index contributed by atoms with van der Waals surface area (Å²) < 4.78 is 12.0. The Balaban J connectivity index is 1.17. The van der Waals surface area contributed by atoms with E-state index in [1.54, 1.807) is 6.20 Å². The molecular weight excluding hydrogens is 444 g/mol. The topological polar surface area (TPSA) is 101 Å². The van der Waals surface area contributed by atoms with Crippen LogP contribution in [0.15, 0.2) is 66.9 Å². The summed E-state index contributed by atoms with van der Waals surface area (Å²) in [5.74, 6) is 0.522. The lowest BCUT2D eigenvalue weighted by Crippen LogP contribution is -2.48. The molecule has 2 aliphatic rings. The maximum Gasteiger partial charge on any atom is 0.315 e. The van der Waals surface area contributed by atoms with Crippen molar-refractivity contribution in [3.8, 4) is 11.3 Å². The molecule has 2 fully saturated rings. The molecule has 4 atom stereocenters. The lowest BCUT2D eigenvalue weighted by Gasteiger charge is -2.19. The van der Waals surface area contributed by atoms with E-state index in [2.05, 4.69) is 55.1 Å².